The topological polar surface area (TPSA) is 38.7 Å². The molecule has 1 aliphatic rings. The van der Waals surface area contributed by atoms with Crippen LogP contribution < -0.4 is 0 Å². The molecule has 0 aliphatic carbocycles. The number of methoxy groups -OCH3 is 1. The molecule has 1 rings (SSSR count). The van der Waals surface area contributed by atoms with Crippen LogP contribution in [0.25, 0.3) is 0 Å². The van der Waals surface area contributed by atoms with Gasteiger partial charge in [-0.05, 0) is 32.1 Å². The Hall–Kier alpha value is -0.120. The molecular weight excluding hydrogens is 204 g/mol. The van der Waals surface area contributed by atoms with Crippen molar-refractivity contribution >= 4 is 0 Å². The fourth-order valence-corrected chi connectivity index (χ4v) is 2.74. The molecule has 0 spiro atoms. The minimum atomic E-state index is -0.287. The van der Waals surface area contributed by atoms with Crippen molar-refractivity contribution in [1.82, 2.24) is 0 Å². The third kappa shape index (κ3) is 2.96. The second kappa shape index (κ2) is 5.99. The summed E-state index contributed by atoms with van der Waals surface area (Å²) in [5, 5.41) is 10.4. The molecule has 3 nitrogen and oxygen atoms in total. The molecule has 0 aromatic heterocycles. The third-order valence-electron chi connectivity index (χ3n) is 4.07. The molecule has 6 atom stereocenters. The van der Waals surface area contributed by atoms with Crippen LogP contribution in [0.15, 0.2) is 0 Å². The Balaban J connectivity index is 2.55. The first-order valence-corrected chi connectivity index (χ1v) is 6.31. The third-order valence-corrected chi connectivity index (χ3v) is 4.07. The molecular formula is C13H26O3. The van der Waals surface area contributed by atoms with Crippen LogP contribution in [0, 0.1) is 17.8 Å². The summed E-state index contributed by atoms with van der Waals surface area (Å²) in [6.45, 7) is 9.13. The highest BCUT2D eigenvalue weighted by Gasteiger charge is 2.42. The van der Waals surface area contributed by atoms with Gasteiger partial charge < -0.3 is 14.6 Å². The molecule has 1 aliphatic heterocycles. The number of hydrogen-bond donors (Lipinski definition) is 1. The summed E-state index contributed by atoms with van der Waals surface area (Å²) in [7, 11) is 1.70. The van der Waals surface area contributed by atoms with Crippen molar-refractivity contribution in [2.75, 3.05) is 13.7 Å². The molecule has 1 fully saturated rings. The highest BCUT2D eigenvalue weighted by Crippen LogP contribution is 2.37. The van der Waals surface area contributed by atoms with Gasteiger partial charge in [-0.1, -0.05) is 13.8 Å². The normalized spacial score (nSPS) is 38.6. The molecule has 3 heteroatoms. The van der Waals surface area contributed by atoms with Crippen LogP contribution in [0.2, 0.25) is 0 Å². The van der Waals surface area contributed by atoms with Crippen LogP contribution in [0.3, 0.4) is 0 Å². The van der Waals surface area contributed by atoms with Gasteiger partial charge in [0.1, 0.15) is 0 Å². The summed E-state index contributed by atoms with van der Waals surface area (Å²) in [5.74, 6) is 0.945. The number of hydrogen-bond acceptors (Lipinski definition) is 3. The molecule has 0 aromatic rings. The van der Waals surface area contributed by atoms with E-state index in [-0.39, 0.29) is 30.1 Å². The number of rotatable bonds is 5. The predicted octanol–water partition coefficient (Wildman–Crippen LogP) is 2.08. The zero-order valence-corrected chi connectivity index (χ0v) is 11.1. The van der Waals surface area contributed by atoms with Gasteiger partial charge in [-0.3, -0.25) is 0 Å². The summed E-state index contributed by atoms with van der Waals surface area (Å²) >= 11 is 0. The maximum Gasteiger partial charge on any atom is 0.0622 e. The molecule has 6 unspecified atom stereocenters. The van der Waals surface area contributed by atoms with Gasteiger partial charge in [0.05, 0.1) is 18.3 Å². The van der Waals surface area contributed by atoms with Crippen molar-refractivity contribution in [2.45, 2.75) is 52.4 Å². The van der Waals surface area contributed by atoms with Crippen LogP contribution in [-0.4, -0.2) is 37.1 Å². The molecule has 0 saturated carbocycles. The van der Waals surface area contributed by atoms with E-state index in [0.717, 1.165) is 6.42 Å². The first-order chi connectivity index (χ1) is 7.49. The van der Waals surface area contributed by atoms with Crippen LogP contribution in [-0.2, 0) is 9.47 Å². The highest BCUT2D eigenvalue weighted by molar-refractivity contribution is 4.90. The molecule has 0 radical (unpaired) electrons. The van der Waals surface area contributed by atoms with E-state index in [4.69, 9.17) is 9.47 Å². The average Bonchev–Trinajstić information content (AvgIpc) is 2.49. The standard InChI is InChI=1S/C13H26O3/c1-8(6-7-15-5)13(14)12-9(2)10(3)16-11(12)4/h8-14H,6-7H2,1-5H3. The van der Waals surface area contributed by atoms with E-state index in [1.807, 2.05) is 0 Å². The number of aliphatic hydroxyl groups is 1. The van der Waals surface area contributed by atoms with E-state index in [2.05, 4.69) is 27.7 Å². The van der Waals surface area contributed by atoms with Crippen LogP contribution >= 0.6 is 0 Å². The zero-order chi connectivity index (χ0) is 12.3. The fourth-order valence-electron chi connectivity index (χ4n) is 2.74. The first kappa shape index (κ1) is 13.9. The predicted molar refractivity (Wildman–Crippen MR) is 64.3 cm³/mol. The maximum atomic E-state index is 10.4. The lowest BCUT2D eigenvalue weighted by Crippen LogP contribution is -2.36. The van der Waals surface area contributed by atoms with Crippen LogP contribution in [0.1, 0.15) is 34.1 Å². The Morgan fingerprint density at radius 2 is 1.88 bits per heavy atom. The molecule has 0 bridgehead atoms. The van der Waals surface area contributed by atoms with E-state index in [0.29, 0.717) is 12.5 Å². The number of ether oxygens (including phenoxy) is 2. The van der Waals surface area contributed by atoms with Crippen molar-refractivity contribution in [3.8, 4) is 0 Å². The molecule has 96 valence electrons. The Morgan fingerprint density at radius 3 is 2.31 bits per heavy atom. The summed E-state index contributed by atoms with van der Waals surface area (Å²) in [4.78, 5) is 0. The van der Waals surface area contributed by atoms with E-state index in [9.17, 15) is 5.11 Å². The smallest absolute Gasteiger partial charge is 0.0622 e. The lowest BCUT2D eigenvalue weighted by atomic mass is 9.79. The van der Waals surface area contributed by atoms with E-state index in [1.165, 1.54) is 0 Å². The number of aliphatic hydroxyl groups excluding tert-OH is 1. The van der Waals surface area contributed by atoms with Crippen molar-refractivity contribution < 1.29 is 14.6 Å². The molecule has 1 N–H and O–H groups in total. The molecule has 0 aromatic carbocycles. The molecule has 1 heterocycles. The lowest BCUT2D eigenvalue weighted by Gasteiger charge is -2.29. The van der Waals surface area contributed by atoms with Gasteiger partial charge in [0.2, 0.25) is 0 Å². The van der Waals surface area contributed by atoms with E-state index >= 15 is 0 Å². The van der Waals surface area contributed by atoms with Gasteiger partial charge in [0.15, 0.2) is 0 Å². The van der Waals surface area contributed by atoms with Gasteiger partial charge >= 0.3 is 0 Å². The monoisotopic (exact) mass is 230 g/mol. The highest BCUT2D eigenvalue weighted by atomic mass is 16.5. The summed E-state index contributed by atoms with van der Waals surface area (Å²) < 4.78 is 10.8. The SMILES string of the molecule is COCCC(C)C(O)C1C(C)OC(C)C1C. The van der Waals surface area contributed by atoms with Crippen molar-refractivity contribution in [2.24, 2.45) is 17.8 Å². The minimum absolute atomic E-state index is 0.157. The second-order valence-corrected chi connectivity index (χ2v) is 5.23. The summed E-state index contributed by atoms with van der Waals surface area (Å²) in [6, 6.07) is 0. The quantitative estimate of drug-likeness (QED) is 0.786. The van der Waals surface area contributed by atoms with E-state index in [1.54, 1.807) is 7.11 Å². The summed E-state index contributed by atoms with van der Waals surface area (Å²) in [5.41, 5.74) is 0. The van der Waals surface area contributed by atoms with Gasteiger partial charge in [0.25, 0.3) is 0 Å². The molecule has 16 heavy (non-hydrogen) atoms. The molecule has 1 saturated heterocycles. The molecule has 0 amide bonds. The lowest BCUT2D eigenvalue weighted by molar-refractivity contribution is -0.00391. The minimum Gasteiger partial charge on any atom is -0.392 e. The van der Waals surface area contributed by atoms with Gasteiger partial charge in [0, 0.05) is 19.6 Å². The van der Waals surface area contributed by atoms with Crippen molar-refractivity contribution in [1.29, 1.82) is 0 Å². The van der Waals surface area contributed by atoms with E-state index < -0.39 is 0 Å². The Morgan fingerprint density at radius 1 is 1.25 bits per heavy atom. The van der Waals surface area contributed by atoms with Crippen LogP contribution in [0.5, 0.6) is 0 Å². The van der Waals surface area contributed by atoms with Gasteiger partial charge in [-0.2, -0.15) is 0 Å². The first-order valence-electron chi connectivity index (χ1n) is 6.31. The Labute approximate surface area is 99.1 Å². The van der Waals surface area contributed by atoms with Gasteiger partial charge in [-0.15, -0.1) is 0 Å². The van der Waals surface area contributed by atoms with Crippen molar-refractivity contribution in [3.63, 3.8) is 0 Å². The maximum absolute atomic E-state index is 10.4. The Bertz CT molecular complexity index is 207. The van der Waals surface area contributed by atoms with Gasteiger partial charge in [-0.25, -0.2) is 0 Å². The summed E-state index contributed by atoms with van der Waals surface area (Å²) in [6.07, 6.45) is 1.03. The average molecular weight is 230 g/mol. The second-order valence-electron chi connectivity index (χ2n) is 5.23. The largest absolute Gasteiger partial charge is 0.392 e. The fraction of sp³-hybridized carbons (Fsp3) is 1.00. The van der Waals surface area contributed by atoms with Crippen LogP contribution in [0.4, 0.5) is 0 Å². The zero-order valence-electron chi connectivity index (χ0n) is 11.1. The van der Waals surface area contributed by atoms with Crippen molar-refractivity contribution in [3.05, 3.63) is 0 Å². The Kier molecular flexibility index (Phi) is 5.22.